The van der Waals surface area contributed by atoms with Crippen molar-refractivity contribution in [2.45, 2.75) is 63.2 Å². The lowest BCUT2D eigenvalue weighted by molar-refractivity contribution is 0.515. The zero-order valence-electron chi connectivity index (χ0n) is 11.4. The Hall–Kier alpha value is 0.01000. The average Bonchev–Trinajstić information content (AvgIpc) is 2.85. The van der Waals surface area contributed by atoms with Gasteiger partial charge in [0.15, 0.2) is 0 Å². The second-order valence-corrected chi connectivity index (χ2v) is 7.87. The van der Waals surface area contributed by atoms with Gasteiger partial charge >= 0.3 is 0 Å². The number of hydrogen-bond acceptors (Lipinski definition) is 3. The lowest BCUT2D eigenvalue weighted by Gasteiger charge is -2.22. The maximum atomic E-state index is 6.26. The summed E-state index contributed by atoms with van der Waals surface area (Å²) in [6.45, 7) is 2.22. The first kappa shape index (κ1) is 14.4. The maximum Gasteiger partial charge on any atom is 0.0179 e. The first-order chi connectivity index (χ1) is 8.78. The summed E-state index contributed by atoms with van der Waals surface area (Å²) in [5, 5.41) is 0.888. The Morgan fingerprint density at radius 3 is 2.67 bits per heavy atom. The van der Waals surface area contributed by atoms with Gasteiger partial charge in [-0.3, -0.25) is 0 Å². The molecule has 0 aliphatic heterocycles. The molecular formula is C15H25NS2. The normalized spacial score (nSPS) is 19.0. The van der Waals surface area contributed by atoms with Crippen molar-refractivity contribution in [2.75, 3.05) is 5.75 Å². The zero-order valence-corrected chi connectivity index (χ0v) is 13.0. The van der Waals surface area contributed by atoms with E-state index in [0.29, 0.717) is 6.04 Å². The Balaban J connectivity index is 1.69. The van der Waals surface area contributed by atoms with Crippen molar-refractivity contribution < 1.29 is 0 Å². The summed E-state index contributed by atoms with van der Waals surface area (Å²) in [6, 6.07) is 4.84. The fourth-order valence-electron chi connectivity index (χ4n) is 2.53. The van der Waals surface area contributed by atoms with E-state index in [1.54, 1.807) is 0 Å². The Bertz CT molecular complexity index is 342. The molecule has 1 atom stereocenters. The largest absolute Gasteiger partial charge is 0.327 e. The quantitative estimate of drug-likeness (QED) is 0.845. The average molecular weight is 284 g/mol. The summed E-state index contributed by atoms with van der Waals surface area (Å²) in [5.74, 6) is 1.13. The Morgan fingerprint density at radius 2 is 2.00 bits per heavy atom. The monoisotopic (exact) mass is 283 g/mol. The molecule has 1 fully saturated rings. The van der Waals surface area contributed by atoms with Crippen LogP contribution in [0.25, 0.3) is 0 Å². The van der Waals surface area contributed by atoms with E-state index in [1.807, 2.05) is 11.3 Å². The van der Waals surface area contributed by atoms with Crippen LogP contribution in [0.3, 0.4) is 0 Å². The molecule has 0 radical (unpaired) electrons. The van der Waals surface area contributed by atoms with Gasteiger partial charge in [0.1, 0.15) is 0 Å². The van der Waals surface area contributed by atoms with Gasteiger partial charge in [-0.15, -0.1) is 11.3 Å². The molecule has 0 saturated heterocycles. The van der Waals surface area contributed by atoms with Crippen LogP contribution in [0.5, 0.6) is 0 Å². The Morgan fingerprint density at radius 1 is 1.28 bits per heavy atom. The maximum absolute atomic E-state index is 6.26. The van der Waals surface area contributed by atoms with Crippen LogP contribution >= 0.6 is 23.1 Å². The van der Waals surface area contributed by atoms with Crippen LogP contribution in [0, 0.1) is 0 Å². The van der Waals surface area contributed by atoms with Gasteiger partial charge in [-0.05, 0) is 37.8 Å². The number of nitrogens with two attached hydrogens (primary N) is 1. The van der Waals surface area contributed by atoms with Crippen molar-refractivity contribution in [1.82, 2.24) is 0 Å². The highest BCUT2D eigenvalue weighted by Crippen LogP contribution is 2.29. The van der Waals surface area contributed by atoms with Gasteiger partial charge in [-0.1, -0.05) is 26.2 Å². The van der Waals surface area contributed by atoms with E-state index < -0.39 is 0 Å². The molecule has 2 N–H and O–H groups in total. The molecule has 1 heterocycles. The van der Waals surface area contributed by atoms with E-state index in [4.69, 9.17) is 5.73 Å². The first-order valence-electron chi connectivity index (χ1n) is 7.22. The predicted molar refractivity (Wildman–Crippen MR) is 84.7 cm³/mol. The third-order valence-corrected chi connectivity index (χ3v) is 6.44. The van der Waals surface area contributed by atoms with Crippen molar-refractivity contribution in [1.29, 1.82) is 0 Å². The molecule has 2 rings (SSSR count). The summed E-state index contributed by atoms with van der Waals surface area (Å²) >= 11 is 4.05. The summed E-state index contributed by atoms with van der Waals surface area (Å²) < 4.78 is 0. The molecule has 3 heteroatoms. The zero-order chi connectivity index (χ0) is 12.8. The molecule has 102 valence electrons. The lowest BCUT2D eigenvalue weighted by atomic mass is 10.0. The highest BCUT2D eigenvalue weighted by molar-refractivity contribution is 7.99. The van der Waals surface area contributed by atoms with Crippen LogP contribution in [-0.4, -0.2) is 17.0 Å². The van der Waals surface area contributed by atoms with Gasteiger partial charge in [0.05, 0.1) is 0 Å². The van der Waals surface area contributed by atoms with Crippen LogP contribution in [0.15, 0.2) is 12.1 Å². The lowest BCUT2D eigenvalue weighted by Crippen LogP contribution is -2.26. The van der Waals surface area contributed by atoms with Gasteiger partial charge in [-0.25, -0.2) is 0 Å². The van der Waals surface area contributed by atoms with E-state index in [1.165, 1.54) is 41.9 Å². The molecule has 0 amide bonds. The van der Waals surface area contributed by atoms with Crippen LogP contribution in [0.2, 0.25) is 0 Å². The summed E-state index contributed by atoms with van der Waals surface area (Å²) in [4.78, 5) is 2.95. The van der Waals surface area contributed by atoms with Crippen molar-refractivity contribution in [3.63, 3.8) is 0 Å². The minimum atomic E-state index is 0.334. The molecule has 1 aromatic heterocycles. The molecule has 1 aliphatic rings. The molecule has 0 aromatic carbocycles. The molecule has 1 unspecified atom stereocenters. The van der Waals surface area contributed by atoms with Gasteiger partial charge in [0.2, 0.25) is 0 Å². The Labute approximate surface area is 120 Å². The van der Waals surface area contributed by atoms with Crippen molar-refractivity contribution in [3.8, 4) is 0 Å². The number of aryl methyl sites for hydroxylation is 1. The fraction of sp³-hybridized carbons (Fsp3) is 0.733. The van der Waals surface area contributed by atoms with Gasteiger partial charge in [-0.2, -0.15) is 11.8 Å². The molecule has 0 spiro atoms. The van der Waals surface area contributed by atoms with Crippen LogP contribution in [-0.2, 0) is 12.8 Å². The number of thiophene rings is 1. The molecular weight excluding hydrogens is 258 g/mol. The van der Waals surface area contributed by atoms with Gasteiger partial charge < -0.3 is 5.73 Å². The smallest absolute Gasteiger partial charge is 0.0179 e. The van der Waals surface area contributed by atoms with Crippen molar-refractivity contribution in [3.05, 3.63) is 21.9 Å². The summed E-state index contributed by atoms with van der Waals surface area (Å²) in [7, 11) is 0. The highest BCUT2D eigenvalue weighted by Gasteiger charge is 2.15. The summed E-state index contributed by atoms with van der Waals surface area (Å²) in [6.07, 6.45) is 9.33. The molecule has 1 saturated carbocycles. The van der Waals surface area contributed by atoms with E-state index in [0.717, 1.165) is 23.8 Å². The number of rotatable bonds is 6. The number of thioether (sulfide) groups is 1. The minimum absolute atomic E-state index is 0.334. The minimum Gasteiger partial charge on any atom is -0.327 e. The number of hydrogen-bond donors (Lipinski definition) is 1. The van der Waals surface area contributed by atoms with Crippen molar-refractivity contribution >= 4 is 23.1 Å². The highest BCUT2D eigenvalue weighted by atomic mass is 32.2. The van der Waals surface area contributed by atoms with Crippen molar-refractivity contribution in [2.24, 2.45) is 5.73 Å². The van der Waals surface area contributed by atoms with E-state index in [-0.39, 0.29) is 0 Å². The van der Waals surface area contributed by atoms with Gasteiger partial charge in [0.25, 0.3) is 0 Å². The molecule has 1 aliphatic carbocycles. The van der Waals surface area contributed by atoms with Crippen LogP contribution in [0.4, 0.5) is 0 Å². The third kappa shape index (κ3) is 4.60. The first-order valence-corrected chi connectivity index (χ1v) is 9.09. The van der Waals surface area contributed by atoms with Crippen LogP contribution < -0.4 is 5.73 Å². The van der Waals surface area contributed by atoms with E-state index >= 15 is 0 Å². The molecule has 18 heavy (non-hydrogen) atoms. The van der Waals surface area contributed by atoms with E-state index in [2.05, 4.69) is 30.8 Å². The van der Waals surface area contributed by atoms with Gasteiger partial charge in [0, 0.05) is 26.8 Å². The summed E-state index contributed by atoms with van der Waals surface area (Å²) in [5.41, 5.74) is 6.26. The van der Waals surface area contributed by atoms with Crippen LogP contribution in [0.1, 0.15) is 48.8 Å². The fourth-order valence-corrected chi connectivity index (χ4v) is 4.89. The van der Waals surface area contributed by atoms with E-state index in [9.17, 15) is 0 Å². The standard InChI is InChI=1S/C15H25NS2/c1-2-13-8-9-15(18-13)10-12(16)11-17-14-6-4-3-5-7-14/h8-9,12,14H,2-7,10-11,16H2,1H3. The predicted octanol–water partition coefficient (Wildman–Crippen LogP) is 4.25. The Kier molecular flexibility index (Phi) is 6.06. The second-order valence-electron chi connectivity index (χ2n) is 5.28. The molecule has 1 nitrogen and oxygen atoms in total. The topological polar surface area (TPSA) is 26.0 Å². The third-order valence-electron chi connectivity index (χ3n) is 3.63. The SMILES string of the molecule is CCc1ccc(CC(N)CSC2CCCCC2)s1. The molecule has 1 aromatic rings. The molecule has 0 bridgehead atoms. The second kappa shape index (κ2) is 7.56.